The molecule has 1 heterocycles. The summed E-state index contributed by atoms with van der Waals surface area (Å²) in [5.41, 5.74) is 6.22. The summed E-state index contributed by atoms with van der Waals surface area (Å²) in [5.74, 6) is -0.479. The molecule has 3 aliphatic rings. The zero-order valence-corrected chi connectivity index (χ0v) is 20.8. The summed E-state index contributed by atoms with van der Waals surface area (Å²) in [5, 5.41) is 3.46. The minimum Gasteiger partial charge on any atom is -0.459 e. The van der Waals surface area contributed by atoms with Crippen LogP contribution < -0.4 is 10.2 Å². The van der Waals surface area contributed by atoms with Gasteiger partial charge in [0.25, 0.3) is 0 Å². The number of esters is 1. The second-order valence-corrected chi connectivity index (χ2v) is 10.2. The molecule has 5 nitrogen and oxygen atoms in total. The molecule has 2 atom stereocenters. The Bertz CT molecular complexity index is 1170. The number of hydrogen-bond acceptors (Lipinski definition) is 5. The smallest absolute Gasteiger partial charge is 0.337 e. The highest BCUT2D eigenvalue weighted by Gasteiger charge is 2.42. The molecule has 2 aromatic carbocycles. The molecule has 2 aromatic rings. The lowest BCUT2D eigenvalue weighted by molar-refractivity contribution is -0.144. The Morgan fingerprint density at radius 2 is 1.63 bits per heavy atom. The molecule has 5 rings (SSSR count). The number of ketones is 1. The number of carbonyl (C=O) groups excluding carboxylic acids is 2. The third-order valence-corrected chi connectivity index (χ3v) is 7.64. The number of carbonyl (C=O) groups is 2. The number of allylic oxidation sites excluding steroid dienone is 3. The summed E-state index contributed by atoms with van der Waals surface area (Å²) in [6.45, 7) is 1.94. The first kappa shape index (κ1) is 23.4. The van der Waals surface area contributed by atoms with Gasteiger partial charge in [-0.3, -0.25) is 4.79 Å². The summed E-state index contributed by atoms with van der Waals surface area (Å²) in [6.07, 6.45) is 5.19. The molecule has 0 spiro atoms. The van der Waals surface area contributed by atoms with Gasteiger partial charge in [0.15, 0.2) is 5.78 Å². The van der Waals surface area contributed by atoms with Gasteiger partial charge in [0.1, 0.15) is 6.10 Å². The van der Waals surface area contributed by atoms with E-state index in [2.05, 4.69) is 17.4 Å². The van der Waals surface area contributed by atoms with Crippen molar-refractivity contribution in [2.45, 2.75) is 63.4 Å². The first-order chi connectivity index (χ1) is 16.9. The fourth-order valence-electron chi connectivity index (χ4n) is 5.79. The van der Waals surface area contributed by atoms with Gasteiger partial charge < -0.3 is 15.0 Å². The van der Waals surface area contributed by atoms with Crippen molar-refractivity contribution in [3.05, 3.63) is 88.3 Å². The molecule has 0 aromatic heterocycles. The fraction of sp³-hybridized carbons (Fsp3) is 0.400. The maximum Gasteiger partial charge on any atom is 0.337 e. The van der Waals surface area contributed by atoms with Crippen molar-refractivity contribution >= 4 is 17.4 Å². The van der Waals surface area contributed by atoms with Gasteiger partial charge in [0.2, 0.25) is 0 Å². The summed E-state index contributed by atoms with van der Waals surface area (Å²) >= 11 is 0. The van der Waals surface area contributed by atoms with Crippen LogP contribution in [0.1, 0.15) is 68.4 Å². The maximum absolute atomic E-state index is 13.7. The highest BCUT2D eigenvalue weighted by molar-refractivity contribution is 6.04. The summed E-state index contributed by atoms with van der Waals surface area (Å²) < 4.78 is 5.96. The second kappa shape index (κ2) is 9.73. The van der Waals surface area contributed by atoms with Crippen LogP contribution in [0.2, 0.25) is 0 Å². The first-order valence-corrected chi connectivity index (χ1v) is 12.7. The van der Waals surface area contributed by atoms with Gasteiger partial charge in [-0.1, -0.05) is 42.5 Å². The predicted molar refractivity (Wildman–Crippen MR) is 138 cm³/mol. The predicted octanol–water partition coefficient (Wildman–Crippen LogP) is 5.60. The summed E-state index contributed by atoms with van der Waals surface area (Å²) in [7, 11) is 4.01. The lowest BCUT2D eigenvalue weighted by atomic mass is 9.71. The van der Waals surface area contributed by atoms with Gasteiger partial charge in [0.05, 0.1) is 5.57 Å². The summed E-state index contributed by atoms with van der Waals surface area (Å²) in [4.78, 5) is 29.3. The Kier molecular flexibility index (Phi) is 6.50. The number of dihydropyridines is 1. The van der Waals surface area contributed by atoms with Crippen LogP contribution in [-0.4, -0.2) is 32.0 Å². The fourth-order valence-corrected chi connectivity index (χ4v) is 5.79. The molecular weight excluding hydrogens is 436 g/mol. The second-order valence-electron chi connectivity index (χ2n) is 10.2. The molecule has 1 aliphatic heterocycles. The van der Waals surface area contributed by atoms with E-state index in [0.29, 0.717) is 12.0 Å². The number of nitrogens with zero attached hydrogens (tertiary/aromatic N) is 1. The molecule has 1 fully saturated rings. The van der Waals surface area contributed by atoms with Crippen LogP contribution in [0.3, 0.4) is 0 Å². The normalized spacial score (nSPS) is 22.7. The maximum atomic E-state index is 13.7. The number of nitrogens with one attached hydrogen (secondary N) is 1. The molecule has 0 saturated heterocycles. The van der Waals surface area contributed by atoms with Gasteiger partial charge in [-0.2, -0.15) is 0 Å². The van der Waals surface area contributed by atoms with Crippen molar-refractivity contribution in [2.75, 3.05) is 19.0 Å². The van der Waals surface area contributed by atoms with Gasteiger partial charge >= 0.3 is 5.97 Å². The lowest BCUT2D eigenvalue weighted by Gasteiger charge is -2.37. The van der Waals surface area contributed by atoms with Crippen LogP contribution in [0, 0.1) is 0 Å². The molecule has 1 saturated carbocycles. The zero-order chi connectivity index (χ0) is 24.5. The van der Waals surface area contributed by atoms with Crippen molar-refractivity contribution < 1.29 is 14.3 Å². The van der Waals surface area contributed by atoms with E-state index in [1.807, 2.05) is 68.4 Å². The van der Waals surface area contributed by atoms with Crippen molar-refractivity contribution in [3.63, 3.8) is 0 Å². The van der Waals surface area contributed by atoms with E-state index in [4.69, 9.17) is 4.74 Å². The number of anilines is 1. The van der Waals surface area contributed by atoms with Crippen LogP contribution in [0.4, 0.5) is 5.69 Å². The number of benzene rings is 2. The Hall–Kier alpha value is -3.34. The minimum atomic E-state index is -0.416. The van der Waals surface area contributed by atoms with E-state index in [1.165, 1.54) is 5.56 Å². The quantitative estimate of drug-likeness (QED) is 0.577. The Morgan fingerprint density at radius 1 is 0.943 bits per heavy atom. The van der Waals surface area contributed by atoms with Crippen molar-refractivity contribution in [1.82, 2.24) is 5.32 Å². The van der Waals surface area contributed by atoms with Crippen LogP contribution in [0.25, 0.3) is 0 Å². The van der Waals surface area contributed by atoms with E-state index in [1.54, 1.807) is 0 Å². The highest BCUT2D eigenvalue weighted by Crippen LogP contribution is 2.46. The van der Waals surface area contributed by atoms with Crippen LogP contribution >= 0.6 is 0 Å². The van der Waals surface area contributed by atoms with Crippen LogP contribution in [0.5, 0.6) is 0 Å². The Labute approximate surface area is 207 Å². The molecule has 1 N–H and O–H groups in total. The minimum absolute atomic E-state index is 0.0283. The molecule has 0 amide bonds. The number of hydrogen-bond donors (Lipinski definition) is 1. The topological polar surface area (TPSA) is 58.6 Å². The molecule has 5 heteroatoms. The Morgan fingerprint density at radius 3 is 2.29 bits per heavy atom. The van der Waals surface area contributed by atoms with Crippen molar-refractivity contribution in [1.29, 1.82) is 0 Å². The van der Waals surface area contributed by atoms with Gasteiger partial charge in [0, 0.05) is 49.1 Å². The van der Waals surface area contributed by atoms with Gasteiger partial charge in [-0.15, -0.1) is 0 Å². The monoisotopic (exact) mass is 470 g/mol. The molecule has 0 radical (unpaired) electrons. The number of rotatable bonds is 5. The molecule has 0 unspecified atom stereocenters. The molecule has 0 bridgehead atoms. The van der Waals surface area contributed by atoms with Crippen molar-refractivity contribution in [2.24, 2.45) is 0 Å². The molecule has 182 valence electrons. The third kappa shape index (κ3) is 4.64. The van der Waals surface area contributed by atoms with E-state index >= 15 is 0 Å². The molecule has 35 heavy (non-hydrogen) atoms. The standard InChI is InChI=1S/C30H34N2O3/c1-19-27(30(34)35-24-11-7-8-12-24)28(21-13-15-23(16-14-21)32(2)3)29-25(31-19)17-22(18-26(29)33)20-9-5-4-6-10-20/h4-6,9-10,13-16,22,24,28,31H,7-8,11-12,17-18H2,1-3H3/t22-,28+/m1/s1. The SMILES string of the molecule is CC1=C(C(=O)OC2CCCC2)[C@H](c2ccc(N(C)C)cc2)C2=C(C[C@@H](c3ccccc3)CC2=O)N1. The van der Waals surface area contributed by atoms with Gasteiger partial charge in [-0.05, 0) is 68.2 Å². The average Bonchev–Trinajstić information content (AvgIpc) is 3.36. The largest absolute Gasteiger partial charge is 0.459 e. The van der Waals surface area contributed by atoms with E-state index in [0.717, 1.165) is 60.3 Å². The first-order valence-electron chi connectivity index (χ1n) is 12.7. The third-order valence-electron chi connectivity index (χ3n) is 7.64. The van der Waals surface area contributed by atoms with Crippen LogP contribution in [-0.2, 0) is 14.3 Å². The Balaban J connectivity index is 1.54. The van der Waals surface area contributed by atoms with Crippen molar-refractivity contribution in [3.8, 4) is 0 Å². The number of ether oxygens (including phenoxy) is 1. The number of Topliss-reactive ketones (excluding diaryl/α,β-unsaturated/α-hetero) is 1. The molecular formula is C30H34N2O3. The van der Waals surface area contributed by atoms with Gasteiger partial charge in [-0.25, -0.2) is 4.79 Å². The van der Waals surface area contributed by atoms with E-state index in [9.17, 15) is 9.59 Å². The highest BCUT2D eigenvalue weighted by atomic mass is 16.5. The average molecular weight is 471 g/mol. The van der Waals surface area contributed by atoms with Crippen LogP contribution in [0.15, 0.2) is 77.1 Å². The van der Waals surface area contributed by atoms with E-state index in [-0.39, 0.29) is 23.8 Å². The zero-order valence-electron chi connectivity index (χ0n) is 20.8. The molecule has 2 aliphatic carbocycles. The van der Waals surface area contributed by atoms with E-state index < -0.39 is 5.92 Å². The summed E-state index contributed by atoms with van der Waals surface area (Å²) in [6, 6.07) is 18.4. The lowest BCUT2D eigenvalue weighted by Crippen LogP contribution is -2.36.